The minimum Gasteiger partial charge on any atom is -0.496 e. The zero-order valence-corrected chi connectivity index (χ0v) is 13.4. The standard InChI is InChI=1S/C18H23NO2/c1-12-10-11-15(18(21-5)13(12)2)17(19-3)14-8-6-7-9-16(14)20-4/h6-11,17,19H,1-5H3. The van der Waals surface area contributed by atoms with Crippen LogP contribution < -0.4 is 14.8 Å². The molecule has 0 aromatic heterocycles. The lowest BCUT2D eigenvalue weighted by molar-refractivity contribution is 0.394. The van der Waals surface area contributed by atoms with Gasteiger partial charge in [-0.1, -0.05) is 30.3 Å². The Bertz CT molecular complexity index is 623. The van der Waals surface area contributed by atoms with Gasteiger partial charge < -0.3 is 14.8 Å². The van der Waals surface area contributed by atoms with Gasteiger partial charge in [0.1, 0.15) is 11.5 Å². The predicted molar refractivity (Wildman–Crippen MR) is 86.4 cm³/mol. The Balaban J connectivity index is 2.59. The summed E-state index contributed by atoms with van der Waals surface area (Å²) in [7, 11) is 5.37. The third kappa shape index (κ3) is 2.88. The van der Waals surface area contributed by atoms with Crippen molar-refractivity contribution >= 4 is 0 Å². The van der Waals surface area contributed by atoms with Crippen molar-refractivity contribution in [1.29, 1.82) is 0 Å². The van der Waals surface area contributed by atoms with Gasteiger partial charge in [0, 0.05) is 11.1 Å². The van der Waals surface area contributed by atoms with Gasteiger partial charge in [0.25, 0.3) is 0 Å². The molecule has 0 radical (unpaired) electrons. The number of aryl methyl sites for hydroxylation is 1. The molecule has 0 spiro atoms. The van der Waals surface area contributed by atoms with Crippen LogP contribution in [0.15, 0.2) is 36.4 Å². The van der Waals surface area contributed by atoms with Crippen LogP contribution in [-0.2, 0) is 0 Å². The first kappa shape index (κ1) is 15.4. The Morgan fingerprint density at radius 1 is 0.905 bits per heavy atom. The molecule has 112 valence electrons. The van der Waals surface area contributed by atoms with Gasteiger partial charge in [-0.05, 0) is 38.1 Å². The van der Waals surface area contributed by atoms with E-state index < -0.39 is 0 Å². The van der Waals surface area contributed by atoms with Crippen LogP contribution in [0, 0.1) is 13.8 Å². The number of benzene rings is 2. The Morgan fingerprint density at radius 2 is 1.62 bits per heavy atom. The second-order valence-electron chi connectivity index (χ2n) is 5.09. The summed E-state index contributed by atoms with van der Waals surface area (Å²) in [5.74, 6) is 1.80. The van der Waals surface area contributed by atoms with E-state index in [1.165, 1.54) is 11.1 Å². The first-order chi connectivity index (χ1) is 10.1. The molecule has 0 fully saturated rings. The van der Waals surface area contributed by atoms with Crippen molar-refractivity contribution < 1.29 is 9.47 Å². The summed E-state index contributed by atoms with van der Waals surface area (Å²) in [6.07, 6.45) is 0. The zero-order chi connectivity index (χ0) is 15.4. The topological polar surface area (TPSA) is 30.5 Å². The minimum absolute atomic E-state index is 0.0235. The summed E-state index contributed by atoms with van der Waals surface area (Å²) in [5, 5.41) is 3.37. The quantitative estimate of drug-likeness (QED) is 0.910. The first-order valence-corrected chi connectivity index (χ1v) is 7.08. The van der Waals surface area contributed by atoms with Gasteiger partial charge in [-0.25, -0.2) is 0 Å². The van der Waals surface area contributed by atoms with Crippen LogP contribution in [0.1, 0.15) is 28.3 Å². The van der Waals surface area contributed by atoms with Crippen LogP contribution in [0.2, 0.25) is 0 Å². The van der Waals surface area contributed by atoms with Gasteiger partial charge >= 0.3 is 0 Å². The van der Waals surface area contributed by atoms with Gasteiger partial charge in [-0.15, -0.1) is 0 Å². The summed E-state index contributed by atoms with van der Waals surface area (Å²) in [6, 6.07) is 12.3. The van der Waals surface area contributed by atoms with E-state index in [0.717, 1.165) is 22.6 Å². The average Bonchev–Trinajstić information content (AvgIpc) is 2.52. The molecule has 1 N–H and O–H groups in total. The number of para-hydroxylation sites is 1. The van der Waals surface area contributed by atoms with Crippen molar-refractivity contribution in [2.24, 2.45) is 0 Å². The minimum atomic E-state index is 0.0235. The highest BCUT2D eigenvalue weighted by Crippen LogP contribution is 2.37. The molecule has 0 bridgehead atoms. The number of hydrogen-bond donors (Lipinski definition) is 1. The van der Waals surface area contributed by atoms with Crippen molar-refractivity contribution in [1.82, 2.24) is 5.32 Å². The number of methoxy groups -OCH3 is 2. The smallest absolute Gasteiger partial charge is 0.127 e. The molecule has 0 aliphatic carbocycles. The molecular weight excluding hydrogens is 262 g/mol. The third-order valence-electron chi connectivity index (χ3n) is 3.96. The Hall–Kier alpha value is -2.00. The van der Waals surface area contributed by atoms with Gasteiger partial charge in [0.2, 0.25) is 0 Å². The Kier molecular flexibility index (Phi) is 4.86. The molecule has 2 aromatic rings. The lowest BCUT2D eigenvalue weighted by atomic mass is 9.94. The third-order valence-corrected chi connectivity index (χ3v) is 3.96. The molecule has 0 saturated carbocycles. The molecule has 2 aromatic carbocycles. The lowest BCUT2D eigenvalue weighted by Crippen LogP contribution is -2.19. The molecule has 3 nitrogen and oxygen atoms in total. The number of nitrogens with one attached hydrogen (secondary N) is 1. The van der Waals surface area contributed by atoms with E-state index in [1.807, 2.05) is 25.2 Å². The predicted octanol–water partition coefficient (Wildman–Crippen LogP) is 3.63. The van der Waals surface area contributed by atoms with Gasteiger partial charge in [-0.2, -0.15) is 0 Å². The van der Waals surface area contributed by atoms with Crippen LogP contribution in [0.3, 0.4) is 0 Å². The summed E-state index contributed by atoms with van der Waals surface area (Å²) in [6.45, 7) is 4.19. The second kappa shape index (κ2) is 6.64. The van der Waals surface area contributed by atoms with E-state index in [2.05, 4.69) is 37.4 Å². The fourth-order valence-corrected chi connectivity index (χ4v) is 2.69. The van der Waals surface area contributed by atoms with E-state index in [4.69, 9.17) is 9.47 Å². The van der Waals surface area contributed by atoms with E-state index in [9.17, 15) is 0 Å². The maximum atomic E-state index is 5.65. The van der Waals surface area contributed by atoms with E-state index in [-0.39, 0.29) is 6.04 Å². The van der Waals surface area contributed by atoms with Crippen LogP contribution >= 0.6 is 0 Å². The monoisotopic (exact) mass is 285 g/mol. The Labute approximate surface area is 126 Å². The summed E-state index contributed by atoms with van der Waals surface area (Å²) in [5.41, 5.74) is 4.62. The molecule has 0 saturated heterocycles. The normalized spacial score (nSPS) is 12.0. The van der Waals surface area contributed by atoms with Crippen molar-refractivity contribution in [3.8, 4) is 11.5 Å². The van der Waals surface area contributed by atoms with Crippen molar-refractivity contribution in [3.05, 3.63) is 58.7 Å². The van der Waals surface area contributed by atoms with Gasteiger partial charge in [0.05, 0.1) is 20.3 Å². The van der Waals surface area contributed by atoms with Crippen molar-refractivity contribution in [3.63, 3.8) is 0 Å². The van der Waals surface area contributed by atoms with Crippen LogP contribution in [0.5, 0.6) is 11.5 Å². The number of hydrogen-bond acceptors (Lipinski definition) is 3. The first-order valence-electron chi connectivity index (χ1n) is 7.08. The maximum Gasteiger partial charge on any atom is 0.127 e. The SMILES string of the molecule is CNC(c1ccccc1OC)c1ccc(C)c(C)c1OC. The fraction of sp³-hybridized carbons (Fsp3) is 0.333. The average molecular weight is 285 g/mol. The van der Waals surface area contributed by atoms with Gasteiger partial charge in [-0.3, -0.25) is 0 Å². The zero-order valence-electron chi connectivity index (χ0n) is 13.4. The molecule has 2 rings (SSSR count). The number of ether oxygens (including phenoxy) is 2. The molecular formula is C18H23NO2. The molecule has 0 heterocycles. The lowest BCUT2D eigenvalue weighted by Gasteiger charge is -2.23. The second-order valence-corrected chi connectivity index (χ2v) is 5.09. The maximum absolute atomic E-state index is 5.65. The molecule has 0 aliphatic rings. The van der Waals surface area contributed by atoms with E-state index >= 15 is 0 Å². The van der Waals surface area contributed by atoms with E-state index in [1.54, 1.807) is 14.2 Å². The van der Waals surface area contributed by atoms with Crippen LogP contribution in [-0.4, -0.2) is 21.3 Å². The molecule has 0 aliphatic heterocycles. The summed E-state index contributed by atoms with van der Waals surface area (Å²) in [4.78, 5) is 0. The van der Waals surface area contributed by atoms with E-state index in [0.29, 0.717) is 0 Å². The summed E-state index contributed by atoms with van der Waals surface area (Å²) < 4.78 is 11.2. The highest BCUT2D eigenvalue weighted by Gasteiger charge is 2.21. The molecule has 0 amide bonds. The Morgan fingerprint density at radius 3 is 2.24 bits per heavy atom. The van der Waals surface area contributed by atoms with Crippen LogP contribution in [0.4, 0.5) is 0 Å². The highest BCUT2D eigenvalue weighted by molar-refractivity contribution is 5.51. The number of rotatable bonds is 5. The molecule has 21 heavy (non-hydrogen) atoms. The highest BCUT2D eigenvalue weighted by atomic mass is 16.5. The van der Waals surface area contributed by atoms with Crippen LogP contribution in [0.25, 0.3) is 0 Å². The van der Waals surface area contributed by atoms with Gasteiger partial charge in [0.15, 0.2) is 0 Å². The molecule has 1 unspecified atom stereocenters. The van der Waals surface area contributed by atoms with Crippen molar-refractivity contribution in [2.75, 3.05) is 21.3 Å². The largest absolute Gasteiger partial charge is 0.496 e. The fourth-order valence-electron chi connectivity index (χ4n) is 2.69. The molecule has 3 heteroatoms. The van der Waals surface area contributed by atoms with Crippen molar-refractivity contribution in [2.45, 2.75) is 19.9 Å². The molecule has 1 atom stereocenters. The summed E-state index contributed by atoms with van der Waals surface area (Å²) >= 11 is 0.